The lowest BCUT2D eigenvalue weighted by Gasteiger charge is -2.31. The van der Waals surface area contributed by atoms with Crippen LogP contribution in [0.5, 0.6) is 0 Å². The van der Waals surface area contributed by atoms with Crippen LogP contribution in [-0.2, 0) is 0 Å². The van der Waals surface area contributed by atoms with Crippen molar-refractivity contribution in [1.82, 2.24) is 4.90 Å². The number of piperidine rings is 1. The minimum absolute atomic E-state index is 0.299. The average Bonchev–Trinajstić information content (AvgIpc) is 2.52. The largest absolute Gasteiger partial charge is 0.384 e. The molecular formula is C15H24FN3S. The van der Waals surface area contributed by atoms with Gasteiger partial charge in [0.1, 0.15) is 0 Å². The predicted octanol–water partition coefficient (Wildman–Crippen LogP) is 3.14. The molecule has 3 nitrogen and oxygen atoms in total. The summed E-state index contributed by atoms with van der Waals surface area (Å²) in [5, 5.41) is 3.32. The van der Waals surface area contributed by atoms with Crippen LogP contribution in [0.1, 0.15) is 19.3 Å². The Kier molecular flexibility index (Phi) is 6.63. The molecule has 1 aliphatic rings. The molecule has 0 atom stereocenters. The number of rotatable bonds is 7. The van der Waals surface area contributed by atoms with E-state index in [1.165, 1.54) is 25.9 Å². The summed E-state index contributed by atoms with van der Waals surface area (Å²) in [6.07, 6.45) is 3.54. The second-order valence-corrected chi connectivity index (χ2v) is 5.97. The van der Waals surface area contributed by atoms with E-state index < -0.39 is 0 Å². The van der Waals surface area contributed by atoms with Gasteiger partial charge < -0.3 is 16.0 Å². The molecule has 0 saturated carbocycles. The van der Waals surface area contributed by atoms with Crippen molar-refractivity contribution < 1.29 is 3.89 Å². The number of anilines is 1. The number of likely N-dealkylation sites (tertiary alicyclic amines) is 1. The molecule has 5 heteroatoms. The Morgan fingerprint density at radius 1 is 1.30 bits per heavy atom. The highest BCUT2D eigenvalue weighted by molar-refractivity contribution is 7.94. The molecule has 3 N–H and O–H groups in total. The third-order valence-electron chi connectivity index (χ3n) is 3.98. The molecule has 1 aromatic rings. The molecule has 0 aromatic heterocycles. The van der Waals surface area contributed by atoms with Crippen LogP contribution in [0.15, 0.2) is 29.2 Å². The van der Waals surface area contributed by atoms with E-state index in [0.717, 1.165) is 37.7 Å². The maximum absolute atomic E-state index is 12.7. The number of hydrogen-bond acceptors (Lipinski definition) is 4. The zero-order valence-electron chi connectivity index (χ0n) is 11.9. The van der Waals surface area contributed by atoms with Crippen molar-refractivity contribution in [3.8, 4) is 0 Å². The third kappa shape index (κ3) is 4.65. The van der Waals surface area contributed by atoms with Crippen molar-refractivity contribution in [2.24, 2.45) is 11.7 Å². The van der Waals surface area contributed by atoms with Gasteiger partial charge in [-0.25, -0.2) is 0 Å². The fourth-order valence-electron chi connectivity index (χ4n) is 2.65. The Morgan fingerprint density at radius 2 is 2.05 bits per heavy atom. The molecule has 1 aromatic carbocycles. The number of halogens is 1. The van der Waals surface area contributed by atoms with Gasteiger partial charge in [0, 0.05) is 6.54 Å². The number of nitrogens with zero attached hydrogens (tertiary/aromatic N) is 1. The first-order valence-corrected chi connectivity index (χ1v) is 8.09. The van der Waals surface area contributed by atoms with Gasteiger partial charge in [0.25, 0.3) is 0 Å². The van der Waals surface area contributed by atoms with Crippen LogP contribution in [-0.4, -0.2) is 37.6 Å². The van der Waals surface area contributed by atoms with Crippen molar-refractivity contribution in [3.05, 3.63) is 24.3 Å². The summed E-state index contributed by atoms with van der Waals surface area (Å²) in [4.78, 5) is 3.17. The molecule has 0 radical (unpaired) electrons. The van der Waals surface area contributed by atoms with Gasteiger partial charge in [-0.2, -0.15) is 3.89 Å². The zero-order valence-corrected chi connectivity index (χ0v) is 12.7. The van der Waals surface area contributed by atoms with E-state index in [1.54, 1.807) is 6.07 Å². The lowest BCUT2D eigenvalue weighted by molar-refractivity contribution is 0.187. The van der Waals surface area contributed by atoms with Crippen LogP contribution in [0.25, 0.3) is 0 Å². The molecule has 0 unspecified atom stereocenters. The van der Waals surface area contributed by atoms with Crippen LogP contribution in [0, 0.1) is 5.92 Å². The Morgan fingerprint density at radius 3 is 2.75 bits per heavy atom. The second-order valence-electron chi connectivity index (χ2n) is 5.37. The van der Waals surface area contributed by atoms with E-state index in [2.05, 4.69) is 10.2 Å². The Hall–Kier alpha value is -0.780. The summed E-state index contributed by atoms with van der Waals surface area (Å²) in [6, 6.07) is 7.51. The van der Waals surface area contributed by atoms with Crippen LogP contribution in [0.2, 0.25) is 0 Å². The first-order valence-electron chi connectivity index (χ1n) is 7.37. The fraction of sp³-hybridized carbons (Fsp3) is 0.600. The van der Waals surface area contributed by atoms with E-state index in [9.17, 15) is 3.89 Å². The van der Waals surface area contributed by atoms with Crippen molar-refractivity contribution in [2.45, 2.75) is 24.2 Å². The maximum atomic E-state index is 12.7. The predicted molar refractivity (Wildman–Crippen MR) is 84.7 cm³/mol. The summed E-state index contributed by atoms with van der Waals surface area (Å²) < 4.78 is 12.7. The lowest BCUT2D eigenvalue weighted by Crippen LogP contribution is -2.37. The summed E-state index contributed by atoms with van der Waals surface area (Å²) in [5.74, 6) is 0.720. The van der Waals surface area contributed by atoms with Gasteiger partial charge in [-0.05, 0) is 63.5 Å². The van der Waals surface area contributed by atoms with Gasteiger partial charge in [-0.3, -0.25) is 0 Å². The van der Waals surface area contributed by atoms with Gasteiger partial charge in [0.15, 0.2) is 0 Å². The number of benzene rings is 1. The van der Waals surface area contributed by atoms with Gasteiger partial charge in [-0.1, -0.05) is 12.1 Å². The zero-order chi connectivity index (χ0) is 14.2. The van der Waals surface area contributed by atoms with E-state index in [0.29, 0.717) is 17.0 Å². The summed E-state index contributed by atoms with van der Waals surface area (Å²) in [6.45, 7) is 5.15. The quantitative estimate of drug-likeness (QED) is 0.759. The van der Waals surface area contributed by atoms with Crippen LogP contribution >= 0.6 is 12.1 Å². The molecule has 20 heavy (non-hydrogen) atoms. The molecule has 0 spiro atoms. The van der Waals surface area contributed by atoms with E-state index >= 15 is 0 Å². The molecule has 0 amide bonds. The standard InChI is InChI=1S/C15H24FN3S/c16-20-15-5-2-1-4-14(15)18-8-3-9-19-10-6-13(12-17)7-11-19/h1-2,4-5,13,18H,3,6-12,17H2. The van der Waals surface area contributed by atoms with Gasteiger partial charge in [-0.15, -0.1) is 0 Å². The molecule has 0 bridgehead atoms. The monoisotopic (exact) mass is 297 g/mol. The highest BCUT2D eigenvalue weighted by atomic mass is 32.2. The SMILES string of the molecule is NCC1CCN(CCCNc2ccccc2SF)CC1. The van der Waals surface area contributed by atoms with Gasteiger partial charge in [0.05, 0.1) is 22.7 Å². The van der Waals surface area contributed by atoms with Gasteiger partial charge in [0.2, 0.25) is 0 Å². The van der Waals surface area contributed by atoms with Crippen LogP contribution in [0.4, 0.5) is 9.57 Å². The molecule has 1 fully saturated rings. The Bertz CT molecular complexity index is 394. The first kappa shape index (κ1) is 15.6. The normalized spacial score (nSPS) is 17.3. The second kappa shape index (κ2) is 8.49. The van der Waals surface area contributed by atoms with Crippen molar-refractivity contribution in [2.75, 3.05) is 38.0 Å². The van der Waals surface area contributed by atoms with E-state index in [1.807, 2.05) is 18.2 Å². The van der Waals surface area contributed by atoms with Crippen LogP contribution in [0.3, 0.4) is 0 Å². The first-order chi connectivity index (χ1) is 9.83. The van der Waals surface area contributed by atoms with E-state index in [-0.39, 0.29) is 0 Å². The summed E-state index contributed by atoms with van der Waals surface area (Å²) in [7, 11) is 0. The molecular weight excluding hydrogens is 273 g/mol. The third-order valence-corrected chi connectivity index (χ3v) is 4.50. The van der Waals surface area contributed by atoms with Crippen LogP contribution < -0.4 is 11.1 Å². The molecule has 2 rings (SSSR count). The average molecular weight is 297 g/mol. The van der Waals surface area contributed by atoms with Crippen molar-refractivity contribution in [1.29, 1.82) is 0 Å². The fourth-order valence-corrected chi connectivity index (χ4v) is 3.00. The van der Waals surface area contributed by atoms with E-state index in [4.69, 9.17) is 5.73 Å². The highest BCUT2D eigenvalue weighted by Gasteiger charge is 2.17. The maximum Gasteiger partial charge on any atom is 0.0834 e. The summed E-state index contributed by atoms with van der Waals surface area (Å²) in [5.41, 5.74) is 6.59. The molecule has 1 saturated heterocycles. The molecule has 112 valence electrons. The summed E-state index contributed by atoms with van der Waals surface area (Å²) >= 11 is 0.299. The van der Waals surface area contributed by atoms with Gasteiger partial charge >= 0.3 is 0 Å². The molecule has 0 aliphatic carbocycles. The topological polar surface area (TPSA) is 41.3 Å². The minimum Gasteiger partial charge on any atom is -0.384 e. The van der Waals surface area contributed by atoms with Crippen molar-refractivity contribution >= 4 is 17.8 Å². The highest BCUT2D eigenvalue weighted by Crippen LogP contribution is 2.27. The minimum atomic E-state index is 0.299. The lowest BCUT2D eigenvalue weighted by atomic mass is 9.97. The number of nitrogens with two attached hydrogens (primary N) is 1. The molecule has 1 heterocycles. The number of para-hydroxylation sites is 1. The smallest absolute Gasteiger partial charge is 0.0834 e. The number of hydrogen-bond donors (Lipinski definition) is 2. The Labute approximate surface area is 125 Å². The number of nitrogens with one attached hydrogen (secondary N) is 1. The molecule has 1 aliphatic heterocycles. The van der Waals surface area contributed by atoms with Crippen molar-refractivity contribution in [3.63, 3.8) is 0 Å². The Balaban J connectivity index is 1.64.